The fourth-order valence-electron chi connectivity index (χ4n) is 10.2. The molecule has 0 amide bonds. The van der Waals surface area contributed by atoms with E-state index in [1.54, 1.807) is 0 Å². The highest BCUT2D eigenvalue weighted by Gasteiger charge is 2.41. The Morgan fingerprint density at radius 1 is 0.629 bits per heavy atom. The molecule has 2 aromatic rings. The van der Waals surface area contributed by atoms with Crippen LogP contribution in [0.5, 0.6) is 17.2 Å². The SMILES string of the molecule is C=C(C)[C@@H]1CCC(COC(C)=O)=C[C@H]1c1c(O)cc(C(C)(C)CCCCCCC)cc1O.C=C(C)[C@H]1CCC(COC(C)=O)=C[C@@H]1c1c(C)cc(C(C)(C)CCCCCC)cc1O[Si](C)(C)C(C)(C)C. The third kappa shape index (κ3) is 17.3. The number of carbonyl (C=O) groups excluding carboxylic acids is 2. The summed E-state index contributed by atoms with van der Waals surface area (Å²) < 4.78 is 17.8. The zero-order chi connectivity index (χ0) is 52.8. The first kappa shape index (κ1) is 60.3. The topological polar surface area (TPSA) is 102 Å². The predicted molar refractivity (Wildman–Crippen MR) is 297 cm³/mol. The number of benzene rings is 2. The molecular weight excluding hydrogens is 885 g/mol. The first-order valence-corrected chi connectivity index (χ1v) is 29.8. The third-order valence-electron chi connectivity index (χ3n) is 15.9. The molecule has 0 saturated heterocycles. The molecule has 2 aliphatic carbocycles. The van der Waals surface area contributed by atoms with Crippen molar-refractivity contribution in [1.29, 1.82) is 0 Å². The molecule has 2 aliphatic rings. The highest BCUT2D eigenvalue weighted by atomic mass is 28.4. The number of aromatic hydroxyl groups is 2. The maximum absolute atomic E-state index is 11.5. The van der Waals surface area contributed by atoms with Crippen molar-refractivity contribution < 1.29 is 33.7 Å². The van der Waals surface area contributed by atoms with Gasteiger partial charge in [0.2, 0.25) is 8.32 Å². The van der Waals surface area contributed by atoms with E-state index < -0.39 is 8.32 Å². The highest BCUT2D eigenvalue weighted by Crippen LogP contribution is 2.50. The molecule has 2 N–H and O–H groups in total. The molecule has 4 atom stereocenters. The van der Waals surface area contributed by atoms with Crippen LogP contribution in [0.2, 0.25) is 18.1 Å². The number of carbonyl (C=O) groups is 2. The average Bonchev–Trinajstić information content (AvgIpc) is 3.25. The number of esters is 2. The van der Waals surface area contributed by atoms with E-state index in [0.717, 1.165) is 61.0 Å². The second-order valence-electron chi connectivity index (χ2n) is 24.0. The Bertz CT molecular complexity index is 2120. The van der Waals surface area contributed by atoms with Crippen LogP contribution < -0.4 is 4.43 Å². The lowest BCUT2D eigenvalue weighted by molar-refractivity contribution is -0.141. The second kappa shape index (κ2) is 26.6. The molecule has 0 radical (unpaired) electrons. The largest absolute Gasteiger partial charge is 0.543 e. The molecule has 0 heterocycles. The van der Waals surface area contributed by atoms with Crippen LogP contribution in [0.3, 0.4) is 0 Å². The summed E-state index contributed by atoms with van der Waals surface area (Å²) in [5.41, 5.74) is 9.83. The minimum Gasteiger partial charge on any atom is -0.543 e. The van der Waals surface area contributed by atoms with Gasteiger partial charge in [0.15, 0.2) is 0 Å². The Hall–Kier alpha value is -4.04. The fraction of sp³-hybridized carbons (Fsp3) is 0.645. The Balaban J connectivity index is 0.000000376. The average molecular weight is 984 g/mol. The predicted octanol–water partition coefficient (Wildman–Crippen LogP) is 17.5. The molecule has 392 valence electrons. The summed E-state index contributed by atoms with van der Waals surface area (Å²) in [6.45, 7) is 43.7. The van der Waals surface area contributed by atoms with Crippen molar-refractivity contribution in [1.82, 2.24) is 0 Å². The number of phenolic OH excluding ortho intramolecular Hbond substituents is 2. The molecule has 2 aromatic carbocycles. The Labute approximate surface area is 428 Å². The number of ether oxygens (including phenoxy) is 2. The van der Waals surface area contributed by atoms with Gasteiger partial charge in [-0.05, 0) is 146 Å². The molecule has 70 heavy (non-hydrogen) atoms. The smallest absolute Gasteiger partial charge is 0.302 e. The van der Waals surface area contributed by atoms with Gasteiger partial charge in [-0.1, -0.05) is 163 Å². The van der Waals surface area contributed by atoms with E-state index in [9.17, 15) is 19.8 Å². The number of hydrogen-bond acceptors (Lipinski definition) is 7. The summed E-state index contributed by atoms with van der Waals surface area (Å²) in [6.07, 6.45) is 21.4. The summed E-state index contributed by atoms with van der Waals surface area (Å²) in [7, 11) is -2.09. The number of hydrogen-bond donors (Lipinski definition) is 2. The quantitative estimate of drug-likeness (QED) is 0.0495. The van der Waals surface area contributed by atoms with E-state index in [4.69, 9.17) is 13.9 Å². The standard InChI is InChI=1S/C34H56O3Si.C28H42O4/c1-13-14-15-16-19-34(9,10)28-20-25(4)32(31(22-28)37-38(11,12)33(6,7)8)30-21-27(23-36-26(5)35)17-18-29(30)24(2)3;1-7-8-9-10-11-14-28(5,6)22-16-25(30)27(26(31)17-22)24-15-21(18-32-20(4)29)12-13-23(24)19(2)3/h20-22,29-30H,2,13-19,23H2,1,3-12H3;15-17,23-24,30-31H,2,7-14,18H2,1,3-6H3/t29-,30+;23-,24+/m10/s1. The number of allylic oxidation sites excluding steroid dienone is 4. The maximum Gasteiger partial charge on any atom is 0.302 e. The van der Waals surface area contributed by atoms with Crippen LogP contribution in [0.25, 0.3) is 0 Å². The normalized spacial score (nSPS) is 18.7. The Morgan fingerprint density at radius 3 is 1.43 bits per heavy atom. The van der Waals surface area contributed by atoms with Crippen LogP contribution in [0, 0.1) is 18.8 Å². The van der Waals surface area contributed by atoms with Crippen molar-refractivity contribution in [2.75, 3.05) is 13.2 Å². The van der Waals surface area contributed by atoms with Gasteiger partial charge in [0.25, 0.3) is 0 Å². The summed E-state index contributed by atoms with van der Waals surface area (Å²) in [5.74, 6) is 1.18. The van der Waals surface area contributed by atoms with Gasteiger partial charge in [-0.25, -0.2) is 0 Å². The van der Waals surface area contributed by atoms with E-state index in [0.29, 0.717) is 18.1 Å². The van der Waals surface area contributed by atoms with Crippen molar-refractivity contribution >= 4 is 20.3 Å². The van der Waals surface area contributed by atoms with Crippen molar-refractivity contribution in [3.63, 3.8) is 0 Å². The van der Waals surface area contributed by atoms with Gasteiger partial charge >= 0.3 is 11.9 Å². The molecule has 4 rings (SSSR count). The summed E-state index contributed by atoms with van der Waals surface area (Å²) in [4.78, 5) is 22.8. The lowest BCUT2D eigenvalue weighted by Crippen LogP contribution is -2.44. The number of aryl methyl sites for hydroxylation is 1. The van der Waals surface area contributed by atoms with Crippen molar-refractivity contribution in [3.05, 3.63) is 99.7 Å². The monoisotopic (exact) mass is 983 g/mol. The summed E-state index contributed by atoms with van der Waals surface area (Å²) in [5, 5.41) is 22.2. The van der Waals surface area contributed by atoms with Gasteiger partial charge in [0, 0.05) is 36.8 Å². The van der Waals surface area contributed by atoms with Crippen LogP contribution in [0.1, 0.15) is 226 Å². The van der Waals surface area contributed by atoms with Crippen molar-refractivity contribution in [3.8, 4) is 17.2 Å². The molecule has 0 spiro atoms. The highest BCUT2D eigenvalue weighted by molar-refractivity contribution is 6.74. The molecular formula is C62H98O7Si. The third-order valence-corrected chi connectivity index (χ3v) is 20.2. The summed E-state index contributed by atoms with van der Waals surface area (Å²) >= 11 is 0. The van der Waals surface area contributed by atoms with Crippen LogP contribution in [-0.4, -0.2) is 43.7 Å². The minimum atomic E-state index is -2.09. The Kier molecular flexibility index (Phi) is 22.9. The van der Waals surface area contributed by atoms with Gasteiger partial charge in [-0.15, -0.1) is 0 Å². The van der Waals surface area contributed by atoms with Gasteiger partial charge in [-0.3, -0.25) is 9.59 Å². The van der Waals surface area contributed by atoms with Gasteiger partial charge in [0.05, 0.1) is 0 Å². The number of phenols is 2. The van der Waals surface area contributed by atoms with E-state index in [2.05, 4.69) is 121 Å². The van der Waals surface area contributed by atoms with Crippen LogP contribution in [0.4, 0.5) is 0 Å². The van der Waals surface area contributed by atoms with Crippen LogP contribution in [-0.2, 0) is 29.9 Å². The number of rotatable bonds is 23. The van der Waals surface area contributed by atoms with Crippen molar-refractivity contribution in [2.45, 2.75) is 234 Å². The van der Waals surface area contributed by atoms with E-state index in [1.165, 1.54) is 99.5 Å². The van der Waals surface area contributed by atoms with Gasteiger partial charge in [0.1, 0.15) is 30.5 Å². The Morgan fingerprint density at radius 2 is 1.03 bits per heavy atom. The maximum atomic E-state index is 11.5. The summed E-state index contributed by atoms with van der Waals surface area (Å²) in [6, 6.07) is 8.43. The first-order valence-electron chi connectivity index (χ1n) is 26.9. The molecule has 0 aromatic heterocycles. The molecule has 0 aliphatic heterocycles. The molecule has 0 unspecified atom stereocenters. The van der Waals surface area contributed by atoms with E-state index in [-0.39, 0.29) is 63.7 Å². The lowest BCUT2D eigenvalue weighted by Gasteiger charge is -2.40. The lowest BCUT2D eigenvalue weighted by atomic mass is 9.71. The molecule has 0 fully saturated rings. The van der Waals surface area contributed by atoms with E-state index >= 15 is 0 Å². The van der Waals surface area contributed by atoms with Crippen LogP contribution in [0.15, 0.2) is 71.9 Å². The first-order chi connectivity index (χ1) is 32.6. The van der Waals surface area contributed by atoms with Gasteiger partial charge < -0.3 is 24.1 Å². The fourth-order valence-corrected chi connectivity index (χ4v) is 11.2. The molecule has 7 nitrogen and oxygen atoms in total. The molecule has 0 saturated carbocycles. The second-order valence-corrected chi connectivity index (χ2v) is 28.7. The minimum absolute atomic E-state index is 0.0826. The zero-order valence-corrected chi connectivity index (χ0v) is 48.1. The molecule has 0 bridgehead atoms. The zero-order valence-electron chi connectivity index (χ0n) is 47.1. The van der Waals surface area contributed by atoms with Crippen molar-refractivity contribution in [2.24, 2.45) is 11.8 Å². The van der Waals surface area contributed by atoms with Gasteiger partial charge in [-0.2, -0.15) is 0 Å². The van der Waals surface area contributed by atoms with Crippen LogP contribution >= 0.6 is 0 Å². The number of unbranched alkanes of at least 4 members (excludes halogenated alkanes) is 7. The molecule has 8 heteroatoms. The van der Waals surface area contributed by atoms with E-state index in [1.807, 2.05) is 25.1 Å².